The van der Waals surface area contributed by atoms with Gasteiger partial charge in [0.2, 0.25) is 0 Å². The quantitative estimate of drug-likeness (QED) is 0.349. The van der Waals surface area contributed by atoms with Gasteiger partial charge in [-0.25, -0.2) is 4.98 Å². The lowest BCUT2D eigenvalue weighted by Gasteiger charge is -2.35. The predicted octanol–water partition coefficient (Wildman–Crippen LogP) is 5.86. The average molecular weight is 470 g/mol. The number of aromatic nitrogens is 3. The number of anilines is 1. The molecule has 1 aliphatic rings. The summed E-state index contributed by atoms with van der Waals surface area (Å²) in [4.78, 5) is 17.0. The monoisotopic (exact) mass is 469 g/mol. The van der Waals surface area contributed by atoms with E-state index in [-0.39, 0.29) is 0 Å². The number of hydrogen-bond donors (Lipinski definition) is 1. The molecule has 0 spiro atoms. The molecular weight excluding hydrogens is 446 g/mol. The molecule has 0 atom stereocenters. The van der Waals surface area contributed by atoms with Crippen LogP contribution in [-0.2, 0) is 6.54 Å². The summed E-state index contributed by atoms with van der Waals surface area (Å²) in [5.74, 6) is 2.64. The number of fused-ring (bicyclic) bond motifs is 1. The predicted molar refractivity (Wildman–Crippen MR) is 136 cm³/mol. The SMILES string of the molecule is Clc1cccc2[nH]c(-c3cccc(-c4ccc(CN5CCN(c6ccncc6)CC5)o4)c3)nc12. The first kappa shape index (κ1) is 21.0. The van der Waals surface area contributed by atoms with Crippen LogP contribution in [0, 0.1) is 0 Å². The molecule has 0 aliphatic carbocycles. The van der Waals surface area contributed by atoms with Crippen molar-refractivity contribution in [3.63, 3.8) is 0 Å². The molecule has 1 saturated heterocycles. The van der Waals surface area contributed by atoms with Crippen LogP contribution < -0.4 is 4.90 Å². The minimum Gasteiger partial charge on any atom is -0.460 e. The summed E-state index contributed by atoms with van der Waals surface area (Å²) in [6, 6.07) is 22.3. The highest BCUT2D eigenvalue weighted by molar-refractivity contribution is 6.35. The lowest BCUT2D eigenvalue weighted by atomic mass is 10.1. The number of nitrogens with one attached hydrogen (secondary N) is 1. The van der Waals surface area contributed by atoms with Crippen LogP contribution >= 0.6 is 11.6 Å². The minimum absolute atomic E-state index is 0.647. The Morgan fingerprint density at radius 3 is 2.50 bits per heavy atom. The normalized spacial score (nSPS) is 14.7. The van der Waals surface area contributed by atoms with Crippen molar-refractivity contribution >= 4 is 28.3 Å². The van der Waals surface area contributed by atoms with Gasteiger partial charge in [0.15, 0.2) is 0 Å². The van der Waals surface area contributed by atoms with Gasteiger partial charge in [0.1, 0.15) is 22.9 Å². The van der Waals surface area contributed by atoms with Gasteiger partial charge in [0, 0.05) is 55.4 Å². The van der Waals surface area contributed by atoms with Gasteiger partial charge in [-0.1, -0.05) is 35.9 Å². The zero-order valence-electron chi connectivity index (χ0n) is 18.6. The van der Waals surface area contributed by atoms with E-state index in [0.29, 0.717) is 5.02 Å². The molecule has 5 aromatic rings. The molecule has 0 unspecified atom stereocenters. The van der Waals surface area contributed by atoms with E-state index in [4.69, 9.17) is 21.0 Å². The molecule has 1 N–H and O–H groups in total. The van der Waals surface area contributed by atoms with Crippen molar-refractivity contribution in [1.29, 1.82) is 0 Å². The van der Waals surface area contributed by atoms with Crippen LogP contribution in [0.15, 0.2) is 83.5 Å². The number of para-hydroxylation sites is 1. The smallest absolute Gasteiger partial charge is 0.138 e. The molecule has 0 radical (unpaired) electrons. The highest BCUT2D eigenvalue weighted by Crippen LogP contribution is 2.30. The molecule has 0 saturated carbocycles. The molecule has 1 aliphatic heterocycles. The van der Waals surface area contributed by atoms with Crippen molar-refractivity contribution in [2.45, 2.75) is 6.54 Å². The van der Waals surface area contributed by atoms with E-state index >= 15 is 0 Å². The van der Waals surface area contributed by atoms with Gasteiger partial charge in [-0.05, 0) is 42.5 Å². The van der Waals surface area contributed by atoms with Gasteiger partial charge < -0.3 is 14.3 Å². The summed E-state index contributed by atoms with van der Waals surface area (Å²) >= 11 is 6.30. The first-order valence-electron chi connectivity index (χ1n) is 11.4. The highest BCUT2D eigenvalue weighted by Gasteiger charge is 2.19. The van der Waals surface area contributed by atoms with Crippen LogP contribution in [0.25, 0.3) is 33.7 Å². The fourth-order valence-electron chi connectivity index (χ4n) is 4.51. The molecule has 170 valence electrons. The summed E-state index contributed by atoms with van der Waals surface area (Å²) in [6.07, 6.45) is 3.70. The summed E-state index contributed by atoms with van der Waals surface area (Å²) in [5, 5.41) is 0.647. The minimum atomic E-state index is 0.647. The highest BCUT2D eigenvalue weighted by atomic mass is 35.5. The Morgan fingerprint density at radius 2 is 1.68 bits per heavy atom. The summed E-state index contributed by atoms with van der Waals surface area (Å²) in [5.41, 5.74) is 4.97. The molecule has 0 bridgehead atoms. The van der Waals surface area contributed by atoms with Crippen LogP contribution in [0.5, 0.6) is 0 Å². The topological polar surface area (TPSA) is 61.2 Å². The maximum absolute atomic E-state index is 6.30. The number of benzene rings is 2. The standard InChI is InChI=1S/C27H24ClN5O/c28-23-5-2-6-24-26(23)31-27(30-24)20-4-1-3-19(17-20)25-8-7-22(34-25)18-32-13-15-33(16-14-32)21-9-11-29-12-10-21/h1-12,17H,13-16,18H2,(H,30,31). The third-order valence-electron chi connectivity index (χ3n) is 6.33. The van der Waals surface area contributed by atoms with Crippen molar-refractivity contribution < 1.29 is 4.42 Å². The van der Waals surface area contributed by atoms with Crippen molar-refractivity contribution in [1.82, 2.24) is 19.9 Å². The first-order chi connectivity index (χ1) is 16.7. The van der Waals surface area contributed by atoms with E-state index in [0.717, 1.165) is 72.2 Å². The Kier molecular flexibility index (Phi) is 5.53. The Hall–Kier alpha value is -3.61. The zero-order chi connectivity index (χ0) is 22.9. The largest absolute Gasteiger partial charge is 0.460 e. The number of aromatic amines is 1. The van der Waals surface area contributed by atoms with Crippen LogP contribution in [-0.4, -0.2) is 46.0 Å². The number of H-pyrrole nitrogens is 1. The van der Waals surface area contributed by atoms with Crippen molar-refractivity contribution in [2.24, 2.45) is 0 Å². The molecule has 2 aromatic carbocycles. The van der Waals surface area contributed by atoms with Crippen LogP contribution in [0.2, 0.25) is 5.02 Å². The molecular formula is C27H24ClN5O. The van der Waals surface area contributed by atoms with E-state index in [1.807, 2.05) is 42.7 Å². The molecule has 7 heteroatoms. The molecule has 1 fully saturated rings. The van der Waals surface area contributed by atoms with Gasteiger partial charge in [-0.3, -0.25) is 9.88 Å². The van der Waals surface area contributed by atoms with Gasteiger partial charge in [0.05, 0.1) is 17.1 Å². The van der Waals surface area contributed by atoms with Crippen LogP contribution in [0.1, 0.15) is 5.76 Å². The number of hydrogen-bond acceptors (Lipinski definition) is 5. The summed E-state index contributed by atoms with van der Waals surface area (Å²) in [7, 11) is 0. The second-order valence-electron chi connectivity index (χ2n) is 8.54. The second kappa shape index (κ2) is 8.97. The van der Waals surface area contributed by atoms with Crippen molar-refractivity contribution in [3.05, 3.63) is 89.9 Å². The fourth-order valence-corrected chi connectivity index (χ4v) is 4.73. The number of nitrogens with zero attached hydrogens (tertiary/aromatic N) is 4. The molecule has 0 amide bonds. The fraction of sp³-hybridized carbons (Fsp3) is 0.185. The Balaban J connectivity index is 1.15. The first-order valence-corrected chi connectivity index (χ1v) is 11.8. The van der Waals surface area contributed by atoms with E-state index in [9.17, 15) is 0 Å². The maximum atomic E-state index is 6.30. The maximum Gasteiger partial charge on any atom is 0.138 e. The van der Waals surface area contributed by atoms with Crippen LogP contribution in [0.3, 0.4) is 0 Å². The lowest BCUT2D eigenvalue weighted by Crippen LogP contribution is -2.45. The van der Waals surface area contributed by atoms with E-state index in [1.54, 1.807) is 0 Å². The number of halogens is 1. The summed E-state index contributed by atoms with van der Waals surface area (Å²) < 4.78 is 6.24. The van der Waals surface area contributed by atoms with Crippen LogP contribution in [0.4, 0.5) is 5.69 Å². The van der Waals surface area contributed by atoms with E-state index in [1.165, 1.54) is 5.69 Å². The third kappa shape index (κ3) is 4.18. The van der Waals surface area contributed by atoms with Gasteiger partial charge in [-0.2, -0.15) is 0 Å². The Labute approximate surface area is 202 Å². The van der Waals surface area contributed by atoms with Gasteiger partial charge in [-0.15, -0.1) is 0 Å². The van der Waals surface area contributed by atoms with Crippen molar-refractivity contribution in [3.8, 4) is 22.7 Å². The lowest BCUT2D eigenvalue weighted by molar-refractivity contribution is 0.231. The average Bonchev–Trinajstić information content (AvgIpc) is 3.54. The molecule has 6 rings (SSSR count). The van der Waals surface area contributed by atoms with E-state index < -0.39 is 0 Å². The Morgan fingerprint density at radius 1 is 0.882 bits per heavy atom. The van der Waals surface area contributed by atoms with E-state index in [2.05, 4.69) is 56.2 Å². The molecule has 3 aromatic heterocycles. The summed E-state index contributed by atoms with van der Waals surface area (Å²) in [6.45, 7) is 4.82. The number of pyridine rings is 1. The molecule has 4 heterocycles. The Bertz CT molecular complexity index is 1420. The van der Waals surface area contributed by atoms with Gasteiger partial charge in [0.25, 0.3) is 0 Å². The zero-order valence-corrected chi connectivity index (χ0v) is 19.4. The number of rotatable bonds is 5. The number of imidazole rings is 1. The molecule has 34 heavy (non-hydrogen) atoms. The molecule has 6 nitrogen and oxygen atoms in total. The number of furan rings is 1. The second-order valence-corrected chi connectivity index (χ2v) is 8.94. The van der Waals surface area contributed by atoms with Crippen molar-refractivity contribution in [2.75, 3.05) is 31.1 Å². The number of piperazine rings is 1. The third-order valence-corrected chi connectivity index (χ3v) is 6.63. The van der Waals surface area contributed by atoms with Gasteiger partial charge >= 0.3 is 0 Å².